The van der Waals surface area contributed by atoms with Gasteiger partial charge in [0.15, 0.2) is 0 Å². The van der Waals surface area contributed by atoms with Crippen molar-refractivity contribution in [1.82, 2.24) is 13.9 Å². The molecule has 2 fully saturated rings. The zero-order valence-corrected chi connectivity index (χ0v) is 13.9. The lowest BCUT2D eigenvalue weighted by molar-refractivity contribution is -0.134. The van der Waals surface area contributed by atoms with Gasteiger partial charge in [0, 0.05) is 32.6 Å². The number of nitrogens with zero attached hydrogens (tertiary/aromatic N) is 2. The van der Waals surface area contributed by atoms with Crippen molar-refractivity contribution in [3.8, 4) is 0 Å². The van der Waals surface area contributed by atoms with Crippen LogP contribution in [0.4, 0.5) is 0 Å². The number of amides is 2. The second kappa shape index (κ2) is 7.41. The minimum Gasteiger partial charge on any atom is -0.342 e. The second-order valence-corrected chi connectivity index (χ2v) is 7.63. The Labute approximate surface area is 132 Å². The highest BCUT2D eigenvalue weighted by Gasteiger charge is 2.32. The number of carbonyl (C=O) groups excluding carboxylic acids is 2. The summed E-state index contributed by atoms with van der Waals surface area (Å²) in [4.78, 5) is 25.6. The van der Waals surface area contributed by atoms with Gasteiger partial charge >= 0.3 is 10.2 Å². The van der Waals surface area contributed by atoms with Crippen LogP contribution in [0.5, 0.6) is 0 Å². The largest absolute Gasteiger partial charge is 0.342 e. The Morgan fingerprint density at radius 3 is 2.41 bits per heavy atom. The summed E-state index contributed by atoms with van der Waals surface area (Å²) in [6.45, 7) is 3.68. The third-order valence-corrected chi connectivity index (χ3v) is 5.84. The number of hydrogen-bond donors (Lipinski definition) is 1. The Balaban J connectivity index is 1.94. The van der Waals surface area contributed by atoms with Crippen molar-refractivity contribution in [3.05, 3.63) is 0 Å². The van der Waals surface area contributed by atoms with Crippen LogP contribution in [0, 0.1) is 5.92 Å². The van der Waals surface area contributed by atoms with Crippen molar-refractivity contribution < 1.29 is 18.0 Å². The maximum absolute atomic E-state index is 12.3. The zero-order chi connectivity index (χ0) is 16.2. The first-order chi connectivity index (χ1) is 10.4. The molecule has 0 unspecified atom stereocenters. The van der Waals surface area contributed by atoms with E-state index < -0.39 is 22.0 Å². The van der Waals surface area contributed by atoms with Crippen LogP contribution in [-0.4, -0.2) is 55.6 Å². The Kier molecular flexibility index (Phi) is 5.80. The lowest BCUT2D eigenvalue weighted by Crippen LogP contribution is -2.50. The van der Waals surface area contributed by atoms with Gasteiger partial charge in [0.05, 0.1) is 5.92 Å². The van der Waals surface area contributed by atoms with Gasteiger partial charge in [0.25, 0.3) is 0 Å². The maximum atomic E-state index is 12.3. The molecule has 0 aromatic heterocycles. The number of nitrogens with one attached hydrogen (secondary N) is 1. The van der Waals surface area contributed by atoms with Crippen molar-refractivity contribution in [1.29, 1.82) is 0 Å². The van der Waals surface area contributed by atoms with Gasteiger partial charge in [-0.25, -0.2) is 4.72 Å². The van der Waals surface area contributed by atoms with E-state index >= 15 is 0 Å². The quantitative estimate of drug-likeness (QED) is 0.812. The lowest BCUT2D eigenvalue weighted by Gasteiger charge is -2.32. The maximum Gasteiger partial charge on any atom is 0.303 e. The fraction of sp³-hybridized carbons (Fsp3) is 0.857. The molecule has 0 aromatic carbocycles. The van der Waals surface area contributed by atoms with E-state index in [4.69, 9.17) is 0 Å². The molecule has 2 aliphatic rings. The van der Waals surface area contributed by atoms with Gasteiger partial charge in [0.2, 0.25) is 11.8 Å². The Bertz CT molecular complexity index is 514. The van der Waals surface area contributed by atoms with Crippen molar-refractivity contribution in [2.24, 2.45) is 5.92 Å². The molecular weight excluding hydrogens is 306 g/mol. The number of piperidine rings is 2. The van der Waals surface area contributed by atoms with E-state index in [1.54, 1.807) is 11.8 Å². The summed E-state index contributed by atoms with van der Waals surface area (Å²) in [5.41, 5.74) is 0. The summed E-state index contributed by atoms with van der Waals surface area (Å²) in [5.74, 6) is -0.917. The van der Waals surface area contributed by atoms with Crippen molar-refractivity contribution >= 4 is 22.0 Å². The van der Waals surface area contributed by atoms with Gasteiger partial charge in [-0.05, 0) is 25.7 Å². The van der Waals surface area contributed by atoms with Gasteiger partial charge in [-0.15, -0.1) is 0 Å². The smallest absolute Gasteiger partial charge is 0.303 e. The first-order valence-electron chi connectivity index (χ1n) is 8.03. The van der Waals surface area contributed by atoms with E-state index in [1.165, 1.54) is 4.31 Å². The fourth-order valence-corrected chi connectivity index (χ4v) is 4.31. The minimum absolute atomic E-state index is 0.0105. The normalized spacial score (nSPS) is 24.0. The second-order valence-electron chi connectivity index (χ2n) is 5.96. The SMILES string of the molecule is CCC(=O)N1CCC[C@@H](C(=O)NS(=O)(=O)N2CCCCC2)C1. The molecule has 0 aliphatic carbocycles. The van der Waals surface area contributed by atoms with Crippen LogP contribution in [-0.2, 0) is 19.8 Å². The van der Waals surface area contributed by atoms with Gasteiger partial charge in [-0.2, -0.15) is 12.7 Å². The summed E-state index contributed by atoms with van der Waals surface area (Å²) >= 11 is 0. The first-order valence-corrected chi connectivity index (χ1v) is 9.47. The van der Waals surface area contributed by atoms with E-state index in [1.807, 2.05) is 0 Å². The van der Waals surface area contributed by atoms with Gasteiger partial charge in [-0.1, -0.05) is 13.3 Å². The standard InChI is InChI=1S/C14H25N3O4S/c1-2-13(18)16-8-6-7-12(11-16)14(19)15-22(20,21)17-9-4-3-5-10-17/h12H,2-11H2,1H3,(H,15,19)/t12-/m1/s1. The van der Waals surface area contributed by atoms with E-state index in [2.05, 4.69) is 4.72 Å². The van der Waals surface area contributed by atoms with Crippen molar-refractivity contribution in [3.63, 3.8) is 0 Å². The van der Waals surface area contributed by atoms with Crippen LogP contribution >= 0.6 is 0 Å². The lowest BCUT2D eigenvalue weighted by atomic mass is 9.97. The molecule has 2 saturated heterocycles. The van der Waals surface area contributed by atoms with Crippen LogP contribution in [0.3, 0.4) is 0 Å². The molecule has 22 heavy (non-hydrogen) atoms. The molecule has 8 heteroatoms. The summed E-state index contributed by atoms with van der Waals surface area (Å²) in [6, 6.07) is 0. The summed E-state index contributed by atoms with van der Waals surface area (Å²) < 4.78 is 28.0. The molecule has 2 aliphatic heterocycles. The molecule has 1 atom stereocenters. The molecular formula is C14H25N3O4S. The molecule has 7 nitrogen and oxygen atoms in total. The molecule has 0 bridgehead atoms. The molecule has 2 heterocycles. The molecule has 1 N–H and O–H groups in total. The molecule has 0 aromatic rings. The first kappa shape index (κ1) is 17.2. The van der Waals surface area contributed by atoms with Crippen molar-refractivity contribution in [2.75, 3.05) is 26.2 Å². The zero-order valence-electron chi connectivity index (χ0n) is 13.1. The topological polar surface area (TPSA) is 86.8 Å². The molecule has 0 radical (unpaired) electrons. The highest BCUT2D eigenvalue weighted by Crippen LogP contribution is 2.18. The highest BCUT2D eigenvalue weighted by atomic mass is 32.2. The van der Waals surface area contributed by atoms with Gasteiger partial charge < -0.3 is 4.90 Å². The van der Waals surface area contributed by atoms with Crippen LogP contribution in [0.15, 0.2) is 0 Å². The Morgan fingerprint density at radius 1 is 1.09 bits per heavy atom. The van der Waals surface area contributed by atoms with Crippen molar-refractivity contribution in [2.45, 2.75) is 45.4 Å². The number of likely N-dealkylation sites (tertiary alicyclic amines) is 1. The predicted molar refractivity (Wildman–Crippen MR) is 82.1 cm³/mol. The van der Waals surface area contributed by atoms with Crippen LogP contribution in [0.2, 0.25) is 0 Å². The monoisotopic (exact) mass is 331 g/mol. The molecule has 2 amide bonds. The Hall–Kier alpha value is -1.15. The molecule has 2 rings (SSSR count). The molecule has 0 spiro atoms. The third kappa shape index (κ3) is 4.19. The van der Waals surface area contributed by atoms with E-state index in [9.17, 15) is 18.0 Å². The van der Waals surface area contributed by atoms with E-state index in [-0.39, 0.29) is 5.91 Å². The van der Waals surface area contributed by atoms with E-state index in [0.717, 1.165) is 25.7 Å². The molecule has 0 saturated carbocycles. The van der Waals surface area contributed by atoms with Gasteiger partial charge in [-0.3, -0.25) is 9.59 Å². The van der Waals surface area contributed by atoms with E-state index in [0.29, 0.717) is 39.0 Å². The Morgan fingerprint density at radius 2 is 1.77 bits per heavy atom. The highest BCUT2D eigenvalue weighted by molar-refractivity contribution is 7.87. The summed E-state index contributed by atoms with van der Waals surface area (Å²) in [7, 11) is -3.74. The fourth-order valence-electron chi connectivity index (χ4n) is 3.02. The third-order valence-electron chi connectivity index (χ3n) is 4.33. The molecule has 126 valence electrons. The average molecular weight is 331 g/mol. The summed E-state index contributed by atoms with van der Waals surface area (Å²) in [5, 5.41) is 0. The van der Waals surface area contributed by atoms with Crippen LogP contribution in [0.25, 0.3) is 0 Å². The summed E-state index contributed by atoms with van der Waals surface area (Å²) in [6.07, 6.45) is 4.44. The number of carbonyl (C=O) groups is 2. The van der Waals surface area contributed by atoms with Crippen LogP contribution < -0.4 is 4.72 Å². The average Bonchev–Trinajstić information content (AvgIpc) is 2.54. The minimum atomic E-state index is -3.74. The van der Waals surface area contributed by atoms with Crippen LogP contribution in [0.1, 0.15) is 45.4 Å². The van der Waals surface area contributed by atoms with Gasteiger partial charge in [0.1, 0.15) is 0 Å². The number of rotatable bonds is 4. The predicted octanol–water partition coefficient (Wildman–Crippen LogP) is 0.482. The number of hydrogen-bond acceptors (Lipinski definition) is 4.